The minimum Gasteiger partial charge on any atom is -0.469 e. The average Bonchev–Trinajstić information content (AvgIpc) is 3.06. The molecule has 1 saturated heterocycles. The molecule has 2 heterocycles. The van der Waals surface area contributed by atoms with E-state index < -0.39 is 0 Å². The summed E-state index contributed by atoms with van der Waals surface area (Å²) in [7, 11) is 1.39. The van der Waals surface area contributed by atoms with Crippen molar-refractivity contribution in [3.63, 3.8) is 0 Å². The van der Waals surface area contributed by atoms with Gasteiger partial charge in [0.15, 0.2) is 0 Å². The highest BCUT2D eigenvalue weighted by Crippen LogP contribution is 2.20. The summed E-state index contributed by atoms with van der Waals surface area (Å²) in [4.78, 5) is 25.6. The van der Waals surface area contributed by atoms with Gasteiger partial charge in [-0.05, 0) is 25.0 Å². The van der Waals surface area contributed by atoms with Crippen LogP contribution in [-0.2, 0) is 16.1 Å². The van der Waals surface area contributed by atoms with Crippen molar-refractivity contribution in [2.45, 2.75) is 26.3 Å². The monoisotopic (exact) mass is 264 g/mol. The first-order chi connectivity index (χ1) is 9.17. The highest BCUT2D eigenvalue weighted by atomic mass is 16.5. The Bertz CT molecular complexity index is 467. The summed E-state index contributed by atoms with van der Waals surface area (Å²) in [6.07, 6.45) is 3.59. The van der Waals surface area contributed by atoms with Gasteiger partial charge >= 0.3 is 5.97 Å². The molecule has 5 heteroatoms. The van der Waals surface area contributed by atoms with Crippen LogP contribution in [0.5, 0.6) is 0 Å². The number of carbonyl (C=O) groups excluding carboxylic acids is 2. The summed E-state index contributed by atoms with van der Waals surface area (Å²) in [6, 6.07) is 3.72. The number of methoxy groups -OCH3 is 1. The Morgan fingerprint density at radius 2 is 2.26 bits per heavy atom. The first-order valence-corrected chi connectivity index (χ1v) is 6.69. The smallest absolute Gasteiger partial charge is 0.310 e. The van der Waals surface area contributed by atoms with Crippen molar-refractivity contribution in [2.75, 3.05) is 20.2 Å². The molecule has 1 atom stereocenters. The van der Waals surface area contributed by atoms with E-state index in [9.17, 15) is 9.59 Å². The molecule has 1 aliphatic rings. The lowest BCUT2D eigenvalue weighted by Gasteiger charge is -2.17. The van der Waals surface area contributed by atoms with Crippen LogP contribution in [0.1, 0.15) is 30.3 Å². The first-order valence-electron chi connectivity index (χ1n) is 6.69. The van der Waals surface area contributed by atoms with Crippen LogP contribution in [0.2, 0.25) is 0 Å². The van der Waals surface area contributed by atoms with Crippen LogP contribution >= 0.6 is 0 Å². The number of amides is 1. The Morgan fingerprint density at radius 3 is 2.95 bits per heavy atom. The number of hydrogen-bond donors (Lipinski definition) is 0. The van der Waals surface area contributed by atoms with Crippen LogP contribution in [0, 0.1) is 5.92 Å². The second-order valence-corrected chi connectivity index (χ2v) is 4.85. The minimum absolute atomic E-state index is 0.00449. The maximum absolute atomic E-state index is 12.4. The van der Waals surface area contributed by atoms with Gasteiger partial charge in [0.1, 0.15) is 5.69 Å². The number of carbonyl (C=O) groups is 2. The number of esters is 1. The molecule has 0 aromatic carbocycles. The van der Waals surface area contributed by atoms with E-state index in [4.69, 9.17) is 4.74 Å². The van der Waals surface area contributed by atoms with Gasteiger partial charge in [-0.25, -0.2) is 0 Å². The Kier molecular flexibility index (Phi) is 4.24. The van der Waals surface area contributed by atoms with Crippen LogP contribution in [-0.4, -0.2) is 41.5 Å². The van der Waals surface area contributed by atoms with Crippen molar-refractivity contribution in [3.05, 3.63) is 24.0 Å². The van der Waals surface area contributed by atoms with Crippen LogP contribution in [0.3, 0.4) is 0 Å². The Morgan fingerprint density at radius 1 is 1.47 bits per heavy atom. The minimum atomic E-state index is -0.223. The Balaban J connectivity index is 2.05. The van der Waals surface area contributed by atoms with Gasteiger partial charge in [0.05, 0.1) is 13.0 Å². The molecule has 0 radical (unpaired) electrons. The van der Waals surface area contributed by atoms with Crippen molar-refractivity contribution in [2.24, 2.45) is 5.92 Å². The van der Waals surface area contributed by atoms with E-state index in [-0.39, 0.29) is 17.8 Å². The number of likely N-dealkylation sites (tertiary alicyclic amines) is 1. The summed E-state index contributed by atoms with van der Waals surface area (Å²) in [5.41, 5.74) is 0.701. The van der Waals surface area contributed by atoms with E-state index in [1.54, 1.807) is 4.90 Å². The van der Waals surface area contributed by atoms with Crippen molar-refractivity contribution in [1.82, 2.24) is 9.47 Å². The van der Waals surface area contributed by atoms with E-state index in [2.05, 4.69) is 6.92 Å². The predicted molar refractivity (Wildman–Crippen MR) is 70.7 cm³/mol. The van der Waals surface area contributed by atoms with Crippen LogP contribution in [0.25, 0.3) is 0 Å². The number of ether oxygens (including phenoxy) is 1. The van der Waals surface area contributed by atoms with Crippen molar-refractivity contribution in [1.29, 1.82) is 0 Å². The zero-order valence-electron chi connectivity index (χ0n) is 11.5. The Hall–Kier alpha value is -1.78. The van der Waals surface area contributed by atoms with Crippen molar-refractivity contribution in [3.8, 4) is 0 Å². The second kappa shape index (κ2) is 5.91. The number of aromatic nitrogens is 1. The average molecular weight is 264 g/mol. The fraction of sp³-hybridized carbons (Fsp3) is 0.571. The lowest BCUT2D eigenvalue weighted by atomic mass is 10.1. The molecular formula is C14H20N2O3. The van der Waals surface area contributed by atoms with Gasteiger partial charge in [-0.3, -0.25) is 9.59 Å². The summed E-state index contributed by atoms with van der Waals surface area (Å²) in [6.45, 7) is 4.00. The highest BCUT2D eigenvalue weighted by Gasteiger charge is 2.32. The molecule has 0 bridgehead atoms. The molecule has 0 saturated carbocycles. The number of hydrogen-bond acceptors (Lipinski definition) is 3. The number of aryl methyl sites for hydroxylation is 1. The molecule has 2 rings (SSSR count). The summed E-state index contributed by atoms with van der Waals surface area (Å²) in [5.74, 6) is -0.396. The molecule has 104 valence electrons. The SMILES string of the molecule is CCCn1cccc1C(=O)N1CCC(C(=O)OC)C1. The summed E-state index contributed by atoms with van der Waals surface area (Å²) in [5, 5.41) is 0. The lowest BCUT2D eigenvalue weighted by molar-refractivity contribution is -0.144. The van der Waals surface area contributed by atoms with E-state index in [1.165, 1.54) is 7.11 Å². The fourth-order valence-electron chi connectivity index (χ4n) is 2.51. The molecule has 5 nitrogen and oxygen atoms in total. The molecule has 0 N–H and O–H groups in total. The first kappa shape index (κ1) is 13.6. The topological polar surface area (TPSA) is 51.5 Å². The van der Waals surface area contributed by atoms with Crippen molar-refractivity contribution < 1.29 is 14.3 Å². The molecule has 19 heavy (non-hydrogen) atoms. The third-order valence-electron chi connectivity index (χ3n) is 3.52. The summed E-state index contributed by atoms with van der Waals surface area (Å²) >= 11 is 0. The van der Waals surface area contributed by atoms with Gasteiger partial charge in [0, 0.05) is 25.8 Å². The van der Waals surface area contributed by atoms with Crippen molar-refractivity contribution >= 4 is 11.9 Å². The third kappa shape index (κ3) is 2.80. The third-order valence-corrected chi connectivity index (χ3v) is 3.52. The molecule has 1 aromatic heterocycles. The van der Waals surface area contributed by atoms with E-state index >= 15 is 0 Å². The Labute approximate surface area is 113 Å². The van der Waals surface area contributed by atoms with Gasteiger partial charge in [-0.2, -0.15) is 0 Å². The van der Waals surface area contributed by atoms with Crippen LogP contribution in [0.4, 0.5) is 0 Å². The van der Waals surface area contributed by atoms with Gasteiger partial charge < -0.3 is 14.2 Å². The van der Waals surface area contributed by atoms with Crippen LogP contribution in [0.15, 0.2) is 18.3 Å². The zero-order valence-corrected chi connectivity index (χ0v) is 11.5. The maximum Gasteiger partial charge on any atom is 0.310 e. The van der Waals surface area contributed by atoms with Gasteiger partial charge in [-0.1, -0.05) is 6.92 Å². The largest absolute Gasteiger partial charge is 0.469 e. The van der Waals surface area contributed by atoms with Crippen LogP contribution < -0.4 is 0 Å². The van der Waals surface area contributed by atoms with Gasteiger partial charge in [0.2, 0.25) is 0 Å². The van der Waals surface area contributed by atoms with Gasteiger partial charge in [0.25, 0.3) is 5.91 Å². The van der Waals surface area contributed by atoms with Gasteiger partial charge in [-0.15, -0.1) is 0 Å². The fourth-order valence-corrected chi connectivity index (χ4v) is 2.51. The molecule has 1 unspecified atom stereocenters. The number of rotatable bonds is 4. The normalized spacial score (nSPS) is 18.6. The maximum atomic E-state index is 12.4. The zero-order chi connectivity index (χ0) is 13.8. The standard InChI is InChI=1S/C14H20N2O3/c1-3-7-15-8-4-5-12(15)13(17)16-9-6-11(10-16)14(18)19-2/h4-5,8,11H,3,6-7,9-10H2,1-2H3. The molecule has 1 aliphatic heterocycles. The molecule has 0 spiro atoms. The molecule has 1 aromatic rings. The predicted octanol–water partition coefficient (Wildman–Crippen LogP) is 1.53. The molecule has 0 aliphatic carbocycles. The highest BCUT2D eigenvalue weighted by molar-refractivity contribution is 5.93. The second-order valence-electron chi connectivity index (χ2n) is 4.85. The quantitative estimate of drug-likeness (QED) is 0.775. The lowest BCUT2D eigenvalue weighted by Crippen LogP contribution is -2.31. The molecule has 1 amide bonds. The van der Waals surface area contributed by atoms with E-state index in [0.29, 0.717) is 25.2 Å². The van der Waals surface area contributed by atoms with E-state index in [0.717, 1.165) is 13.0 Å². The summed E-state index contributed by atoms with van der Waals surface area (Å²) < 4.78 is 6.70. The molecule has 1 fully saturated rings. The van der Waals surface area contributed by atoms with E-state index in [1.807, 2.05) is 22.9 Å². The molecular weight excluding hydrogens is 244 g/mol. The number of nitrogens with zero attached hydrogens (tertiary/aromatic N) is 2.